The maximum atomic E-state index is 13.4. The first-order valence-corrected chi connectivity index (χ1v) is 6.29. The number of rotatable bonds is 1. The first kappa shape index (κ1) is 13.2. The van der Waals surface area contributed by atoms with Gasteiger partial charge >= 0.3 is 0 Å². The minimum atomic E-state index is -0.868. The fourth-order valence-corrected chi connectivity index (χ4v) is 2.28. The number of benzene rings is 1. The van der Waals surface area contributed by atoms with E-state index in [-0.39, 0.29) is 5.54 Å². The van der Waals surface area contributed by atoms with Gasteiger partial charge in [0.25, 0.3) is 0 Å². The van der Waals surface area contributed by atoms with E-state index < -0.39 is 11.6 Å². The van der Waals surface area contributed by atoms with E-state index >= 15 is 0 Å². The zero-order chi connectivity index (χ0) is 13.5. The quantitative estimate of drug-likeness (QED) is 0.716. The van der Waals surface area contributed by atoms with Crippen molar-refractivity contribution >= 4 is 15.9 Å². The Labute approximate surface area is 113 Å². The molecule has 2 nitrogen and oxygen atoms in total. The molecule has 96 valence electrons. The summed E-state index contributed by atoms with van der Waals surface area (Å²) in [5, 5.41) is 4.24. The Kier molecular flexibility index (Phi) is 3.27. The Hall–Kier alpha value is -1.23. The van der Waals surface area contributed by atoms with Gasteiger partial charge in [0.1, 0.15) is 0 Å². The average molecular weight is 315 g/mol. The van der Waals surface area contributed by atoms with Gasteiger partial charge in [-0.2, -0.15) is 5.10 Å². The van der Waals surface area contributed by atoms with Crippen LogP contribution in [0.2, 0.25) is 0 Å². The molecule has 0 N–H and O–H groups in total. The first-order chi connectivity index (χ1) is 8.30. The molecule has 0 saturated heterocycles. The summed E-state index contributed by atoms with van der Waals surface area (Å²) >= 11 is 3.26. The van der Waals surface area contributed by atoms with Crippen molar-refractivity contribution in [3.8, 4) is 11.3 Å². The van der Waals surface area contributed by atoms with Crippen LogP contribution in [0.3, 0.4) is 0 Å². The van der Waals surface area contributed by atoms with Gasteiger partial charge in [-0.15, -0.1) is 0 Å². The summed E-state index contributed by atoms with van der Waals surface area (Å²) in [4.78, 5) is 0. The van der Waals surface area contributed by atoms with E-state index in [0.29, 0.717) is 10.0 Å². The van der Waals surface area contributed by atoms with Gasteiger partial charge in [-0.3, -0.25) is 4.68 Å². The van der Waals surface area contributed by atoms with Crippen molar-refractivity contribution in [1.29, 1.82) is 0 Å². The molecule has 1 heterocycles. The molecule has 18 heavy (non-hydrogen) atoms. The largest absolute Gasteiger partial charge is 0.260 e. The first-order valence-electron chi connectivity index (χ1n) is 5.50. The van der Waals surface area contributed by atoms with Crippen molar-refractivity contribution in [3.63, 3.8) is 0 Å². The predicted octanol–water partition coefficient (Wildman–Crippen LogP) is 4.35. The molecular formula is C13H13BrF2N2. The number of hydrogen-bond donors (Lipinski definition) is 0. The molecule has 1 aromatic heterocycles. The van der Waals surface area contributed by atoms with Gasteiger partial charge in [-0.25, -0.2) is 8.78 Å². The van der Waals surface area contributed by atoms with Crippen LogP contribution < -0.4 is 0 Å². The lowest BCUT2D eigenvalue weighted by atomic mass is 10.1. The van der Waals surface area contributed by atoms with Crippen molar-refractivity contribution in [2.24, 2.45) is 0 Å². The maximum Gasteiger partial charge on any atom is 0.159 e. The van der Waals surface area contributed by atoms with Gasteiger partial charge in [-0.05, 0) is 54.9 Å². The van der Waals surface area contributed by atoms with Crippen LogP contribution in [0.15, 0.2) is 28.9 Å². The van der Waals surface area contributed by atoms with Gasteiger partial charge in [0, 0.05) is 16.2 Å². The number of nitrogens with zero attached hydrogens (tertiary/aromatic N) is 2. The predicted molar refractivity (Wildman–Crippen MR) is 70.3 cm³/mol. The summed E-state index contributed by atoms with van der Waals surface area (Å²) in [6.07, 6.45) is 1.65. The van der Waals surface area contributed by atoms with Crippen LogP contribution in [0.25, 0.3) is 11.3 Å². The molecule has 1 aromatic carbocycles. The van der Waals surface area contributed by atoms with E-state index in [1.807, 2.05) is 20.8 Å². The Balaban J connectivity index is 2.64. The second kappa shape index (κ2) is 4.46. The Bertz CT molecular complexity index is 585. The summed E-state index contributed by atoms with van der Waals surface area (Å²) in [6, 6.07) is 4.09. The Morgan fingerprint density at radius 1 is 1.17 bits per heavy atom. The SMILES string of the molecule is CC(C)(C)n1nccc1-c1cc(F)c(F)cc1Br. The Morgan fingerprint density at radius 3 is 2.39 bits per heavy atom. The fraction of sp³-hybridized carbons (Fsp3) is 0.308. The van der Waals surface area contributed by atoms with Crippen LogP contribution in [-0.4, -0.2) is 9.78 Å². The standard InChI is InChI=1S/C13H13BrF2N2/c1-13(2,3)18-12(4-5-17-18)8-6-10(15)11(16)7-9(8)14/h4-7H,1-3H3. The molecule has 2 aromatic rings. The van der Waals surface area contributed by atoms with Crippen LogP contribution in [0.1, 0.15) is 20.8 Å². The van der Waals surface area contributed by atoms with Crippen molar-refractivity contribution in [1.82, 2.24) is 9.78 Å². The van der Waals surface area contributed by atoms with Gasteiger partial charge in [-0.1, -0.05) is 0 Å². The van der Waals surface area contributed by atoms with Crippen LogP contribution in [-0.2, 0) is 5.54 Å². The van der Waals surface area contributed by atoms with Gasteiger partial charge in [0.2, 0.25) is 0 Å². The van der Waals surface area contributed by atoms with E-state index in [0.717, 1.165) is 11.8 Å². The molecule has 0 fully saturated rings. The normalized spacial score (nSPS) is 11.9. The summed E-state index contributed by atoms with van der Waals surface area (Å²) in [7, 11) is 0. The lowest BCUT2D eigenvalue weighted by Crippen LogP contribution is -2.24. The third-order valence-electron chi connectivity index (χ3n) is 2.56. The third-order valence-corrected chi connectivity index (χ3v) is 3.22. The summed E-state index contributed by atoms with van der Waals surface area (Å²) in [6.45, 7) is 5.99. The van der Waals surface area contributed by atoms with Gasteiger partial charge in [0.15, 0.2) is 11.6 Å². The maximum absolute atomic E-state index is 13.4. The molecule has 0 unspecified atom stereocenters. The monoisotopic (exact) mass is 314 g/mol. The van der Waals surface area contributed by atoms with Crippen molar-refractivity contribution in [3.05, 3.63) is 40.5 Å². The molecule has 0 radical (unpaired) electrons. The van der Waals surface area contributed by atoms with E-state index in [9.17, 15) is 8.78 Å². The fourth-order valence-electron chi connectivity index (χ4n) is 1.76. The molecule has 0 bridgehead atoms. The second-order valence-corrected chi connectivity index (χ2v) is 5.90. The molecular weight excluding hydrogens is 302 g/mol. The summed E-state index contributed by atoms with van der Waals surface area (Å²) in [5.41, 5.74) is 1.10. The molecule has 0 aliphatic heterocycles. The molecule has 0 aliphatic rings. The minimum absolute atomic E-state index is 0.233. The van der Waals surface area contributed by atoms with Gasteiger partial charge in [0.05, 0.1) is 11.2 Å². The molecule has 0 atom stereocenters. The highest BCUT2D eigenvalue weighted by Gasteiger charge is 2.20. The summed E-state index contributed by atoms with van der Waals surface area (Å²) < 4.78 is 28.8. The van der Waals surface area contributed by atoms with Crippen molar-refractivity contribution < 1.29 is 8.78 Å². The molecule has 0 amide bonds. The molecule has 0 aliphatic carbocycles. The highest BCUT2D eigenvalue weighted by molar-refractivity contribution is 9.10. The topological polar surface area (TPSA) is 17.8 Å². The van der Waals surface area contributed by atoms with Crippen molar-refractivity contribution in [2.45, 2.75) is 26.3 Å². The molecule has 0 saturated carbocycles. The van der Waals surface area contributed by atoms with Crippen LogP contribution in [0.5, 0.6) is 0 Å². The molecule has 2 rings (SSSR count). The highest BCUT2D eigenvalue weighted by Crippen LogP contribution is 2.32. The summed E-state index contributed by atoms with van der Waals surface area (Å²) in [5.74, 6) is -1.73. The molecule has 0 spiro atoms. The second-order valence-electron chi connectivity index (χ2n) is 5.05. The van der Waals surface area contributed by atoms with E-state index in [2.05, 4.69) is 21.0 Å². The smallest absolute Gasteiger partial charge is 0.159 e. The van der Waals surface area contributed by atoms with Gasteiger partial charge < -0.3 is 0 Å². The number of halogens is 3. The van der Waals surface area contributed by atoms with Crippen molar-refractivity contribution in [2.75, 3.05) is 0 Å². The lowest BCUT2D eigenvalue weighted by molar-refractivity contribution is 0.360. The van der Waals surface area contributed by atoms with E-state index in [1.165, 1.54) is 6.07 Å². The average Bonchev–Trinajstić information content (AvgIpc) is 2.71. The minimum Gasteiger partial charge on any atom is -0.260 e. The third kappa shape index (κ3) is 2.32. The highest BCUT2D eigenvalue weighted by atomic mass is 79.9. The van der Waals surface area contributed by atoms with E-state index in [4.69, 9.17) is 0 Å². The van der Waals surface area contributed by atoms with E-state index in [1.54, 1.807) is 16.9 Å². The number of hydrogen-bond acceptors (Lipinski definition) is 1. The van der Waals surface area contributed by atoms with Crippen LogP contribution in [0, 0.1) is 11.6 Å². The number of aromatic nitrogens is 2. The molecule has 5 heteroatoms. The Morgan fingerprint density at radius 2 is 1.78 bits per heavy atom. The lowest BCUT2D eigenvalue weighted by Gasteiger charge is -2.23. The zero-order valence-corrected chi connectivity index (χ0v) is 11.9. The zero-order valence-electron chi connectivity index (χ0n) is 10.3. The van der Waals surface area contributed by atoms with Crippen LogP contribution in [0.4, 0.5) is 8.78 Å². The van der Waals surface area contributed by atoms with Crippen LogP contribution >= 0.6 is 15.9 Å².